The standard InChI is InChI=1S/C33H25ClN4O3/c1-21-12-14-23(15-13-21)29-28(34)33(41)38(29)36-31(39)25-16-18-26(19-17-25)37-30(24-10-6-3-7-11-24)35-27(32(37)40)20-22-8-4-2-5-9-22/h2-20,28-29H,1H3,(H,36,39)/b27-20-. The van der Waals surface area contributed by atoms with Crippen LogP contribution in [-0.4, -0.2) is 33.9 Å². The van der Waals surface area contributed by atoms with Gasteiger partial charge in [0.15, 0.2) is 0 Å². The number of amides is 3. The van der Waals surface area contributed by atoms with Gasteiger partial charge in [0.2, 0.25) is 0 Å². The number of hydrogen-bond donors (Lipinski definition) is 1. The Balaban J connectivity index is 1.24. The van der Waals surface area contributed by atoms with Crippen molar-refractivity contribution in [2.75, 3.05) is 4.90 Å². The Labute approximate surface area is 242 Å². The van der Waals surface area contributed by atoms with Gasteiger partial charge in [-0.2, -0.15) is 0 Å². The van der Waals surface area contributed by atoms with Crippen molar-refractivity contribution in [3.63, 3.8) is 0 Å². The summed E-state index contributed by atoms with van der Waals surface area (Å²) in [4.78, 5) is 45.4. The number of carbonyl (C=O) groups excluding carboxylic acids is 3. The summed E-state index contributed by atoms with van der Waals surface area (Å²) in [5.41, 5.74) is 7.46. The van der Waals surface area contributed by atoms with E-state index in [4.69, 9.17) is 11.6 Å². The van der Waals surface area contributed by atoms with Crippen LogP contribution < -0.4 is 10.3 Å². The number of amidine groups is 1. The monoisotopic (exact) mass is 560 g/mol. The van der Waals surface area contributed by atoms with Crippen LogP contribution in [0.2, 0.25) is 0 Å². The number of nitrogens with zero attached hydrogens (tertiary/aromatic N) is 3. The van der Waals surface area contributed by atoms with Crippen LogP contribution >= 0.6 is 11.6 Å². The molecule has 41 heavy (non-hydrogen) atoms. The number of benzene rings is 4. The van der Waals surface area contributed by atoms with Crippen LogP contribution in [0.4, 0.5) is 5.69 Å². The van der Waals surface area contributed by atoms with Gasteiger partial charge in [0.05, 0.1) is 5.69 Å². The Hall–Kier alpha value is -5.01. The maximum atomic E-state index is 13.6. The summed E-state index contributed by atoms with van der Waals surface area (Å²) < 4.78 is 0. The highest BCUT2D eigenvalue weighted by Crippen LogP contribution is 2.37. The Morgan fingerprint density at radius 1 is 0.854 bits per heavy atom. The molecule has 0 spiro atoms. The van der Waals surface area contributed by atoms with Crippen molar-refractivity contribution < 1.29 is 14.4 Å². The second-order valence-electron chi connectivity index (χ2n) is 9.84. The number of β-lactam (4-membered cyclic amide) rings is 1. The van der Waals surface area contributed by atoms with Crippen LogP contribution in [0.15, 0.2) is 120 Å². The molecule has 1 fully saturated rings. The molecule has 2 aliphatic rings. The van der Waals surface area contributed by atoms with Crippen molar-refractivity contribution in [3.8, 4) is 0 Å². The third-order valence-electron chi connectivity index (χ3n) is 7.05. The number of nitrogens with one attached hydrogen (secondary N) is 1. The average molecular weight is 561 g/mol. The quantitative estimate of drug-likeness (QED) is 0.187. The van der Waals surface area contributed by atoms with Crippen LogP contribution in [0.1, 0.15) is 38.7 Å². The number of hydrazine groups is 1. The van der Waals surface area contributed by atoms with Gasteiger partial charge in [0, 0.05) is 11.1 Å². The summed E-state index contributed by atoms with van der Waals surface area (Å²) in [6, 6.07) is 32.8. The van der Waals surface area contributed by atoms with Crippen molar-refractivity contribution in [2.24, 2.45) is 4.99 Å². The van der Waals surface area contributed by atoms with Crippen molar-refractivity contribution in [1.82, 2.24) is 10.4 Å². The second kappa shape index (κ2) is 10.9. The third kappa shape index (κ3) is 5.03. The average Bonchev–Trinajstić information content (AvgIpc) is 3.33. The lowest BCUT2D eigenvalue weighted by Gasteiger charge is -2.44. The number of rotatable bonds is 6. The maximum Gasteiger partial charge on any atom is 0.282 e. The van der Waals surface area contributed by atoms with E-state index in [0.717, 1.165) is 22.3 Å². The van der Waals surface area contributed by atoms with E-state index in [-0.39, 0.29) is 11.8 Å². The number of aliphatic imine (C=N–C) groups is 1. The summed E-state index contributed by atoms with van der Waals surface area (Å²) in [6.45, 7) is 1.97. The fraction of sp³-hybridized carbons (Fsp3) is 0.0909. The van der Waals surface area contributed by atoms with E-state index in [1.807, 2.05) is 91.9 Å². The first kappa shape index (κ1) is 26.2. The van der Waals surface area contributed by atoms with Crippen LogP contribution in [0, 0.1) is 6.92 Å². The predicted octanol–water partition coefficient (Wildman–Crippen LogP) is 5.67. The molecule has 6 rings (SSSR count). The molecule has 2 heterocycles. The van der Waals surface area contributed by atoms with Crippen molar-refractivity contribution in [2.45, 2.75) is 18.3 Å². The van der Waals surface area contributed by atoms with Gasteiger partial charge in [-0.15, -0.1) is 11.6 Å². The van der Waals surface area contributed by atoms with Crippen molar-refractivity contribution in [1.29, 1.82) is 0 Å². The summed E-state index contributed by atoms with van der Waals surface area (Å²) in [6.07, 6.45) is 1.76. The SMILES string of the molecule is Cc1ccc(C2C(Cl)C(=O)N2NC(=O)c2ccc(N3C(=O)/C(=C/c4ccccc4)N=C3c3ccccc3)cc2)cc1. The molecule has 1 saturated heterocycles. The number of carbonyl (C=O) groups is 3. The molecular weight excluding hydrogens is 536 g/mol. The molecule has 202 valence electrons. The van der Waals surface area contributed by atoms with E-state index < -0.39 is 17.3 Å². The minimum Gasteiger partial charge on any atom is -0.271 e. The molecule has 0 saturated carbocycles. The van der Waals surface area contributed by atoms with E-state index in [9.17, 15) is 14.4 Å². The predicted molar refractivity (Wildman–Crippen MR) is 159 cm³/mol. The zero-order valence-electron chi connectivity index (χ0n) is 22.1. The van der Waals surface area contributed by atoms with E-state index in [2.05, 4.69) is 10.4 Å². The van der Waals surface area contributed by atoms with Gasteiger partial charge in [0.25, 0.3) is 17.7 Å². The van der Waals surface area contributed by atoms with Crippen molar-refractivity contribution >= 4 is 46.9 Å². The molecule has 4 aromatic carbocycles. The summed E-state index contributed by atoms with van der Waals surface area (Å²) in [5.74, 6) is -0.605. The van der Waals surface area contributed by atoms with E-state index in [0.29, 0.717) is 22.8 Å². The Morgan fingerprint density at radius 2 is 1.49 bits per heavy atom. The minimum absolute atomic E-state index is 0.273. The molecule has 2 unspecified atom stereocenters. The first-order chi connectivity index (χ1) is 19.9. The smallest absolute Gasteiger partial charge is 0.271 e. The molecule has 8 heteroatoms. The van der Waals surface area contributed by atoms with E-state index in [1.54, 1.807) is 30.3 Å². The van der Waals surface area contributed by atoms with Gasteiger partial charge in [-0.3, -0.25) is 24.7 Å². The topological polar surface area (TPSA) is 82.1 Å². The zero-order valence-corrected chi connectivity index (χ0v) is 22.8. The second-order valence-corrected chi connectivity index (χ2v) is 10.3. The van der Waals surface area contributed by atoms with Gasteiger partial charge < -0.3 is 0 Å². The minimum atomic E-state index is -0.754. The Kier molecular flexibility index (Phi) is 6.95. The largest absolute Gasteiger partial charge is 0.282 e. The van der Waals surface area contributed by atoms with Crippen LogP contribution in [0.5, 0.6) is 0 Å². The Morgan fingerprint density at radius 3 is 2.15 bits per heavy atom. The summed E-state index contributed by atoms with van der Waals surface area (Å²) in [5, 5.41) is 0.513. The molecule has 3 amide bonds. The fourth-order valence-electron chi connectivity index (χ4n) is 4.84. The molecule has 0 radical (unpaired) electrons. The Bertz CT molecular complexity index is 1680. The molecule has 2 atom stereocenters. The number of halogens is 1. The zero-order chi connectivity index (χ0) is 28.5. The van der Waals surface area contributed by atoms with E-state index >= 15 is 0 Å². The van der Waals surface area contributed by atoms with Gasteiger partial charge in [-0.05, 0) is 48.4 Å². The fourth-order valence-corrected chi connectivity index (χ4v) is 5.20. The molecule has 2 aliphatic heterocycles. The lowest BCUT2D eigenvalue weighted by Crippen LogP contribution is -2.63. The number of anilines is 1. The van der Waals surface area contributed by atoms with Crippen LogP contribution in [0.25, 0.3) is 6.08 Å². The normalized spacial score (nSPS) is 19.3. The molecular formula is C33H25ClN4O3. The van der Waals surface area contributed by atoms with Crippen LogP contribution in [0.3, 0.4) is 0 Å². The van der Waals surface area contributed by atoms with Gasteiger partial charge in [-0.1, -0.05) is 90.5 Å². The molecule has 7 nitrogen and oxygen atoms in total. The van der Waals surface area contributed by atoms with Gasteiger partial charge >= 0.3 is 0 Å². The highest BCUT2D eigenvalue weighted by Gasteiger charge is 2.48. The molecule has 1 N–H and O–H groups in total. The summed E-state index contributed by atoms with van der Waals surface area (Å²) in [7, 11) is 0. The van der Waals surface area contributed by atoms with Gasteiger partial charge in [-0.25, -0.2) is 10.0 Å². The third-order valence-corrected chi connectivity index (χ3v) is 7.48. The first-order valence-electron chi connectivity index (χ1n) is 13.1. The molecule has 0 aliphatic carbocycles. The lowest BCUT2D eigenvalue weighted by atomic mass is 9.94. The molecule has 0 aromatic heterocycles. The number of aryl methyl sites for hydroxylation is 1. The highest BCUT2D eigenvalue weighted by atomic mass is 35.5. The lowest BCUT2D eigenvalue weighted by molar-refractivity contribution is -0.149. The number of hydrogen-bond acceptors (Lipinski definition) is 4. The molecule has 4 aromatic rings. The highest BCUT2D eigenvalue weighted by molar-refractivity contribution is 6.34. The van der Waals surface area contributed by atoms with Gasteiger partial charge in [0.1, 0.15) is 23.0 Å². The number of alkyl halides is 1. The maximum absolute atomic E-state index is 13.6. The van der Waals surface area contributed by atoms with Crippen LogP contribution in [-0.2, 0) is 9.59 Å². The first-order valence-corrected chi connectivity index (χ1v) is 13.5. The van der Waals surface area contributed by atoms with E-state index in [1.165, 1.54) is 9.91 Å². The van der Waals surface area contributed by atoms with Crippen molar-refractivity contribution in [3.05, 3.63) is 143 Å². The molecule has 0 bridgehead atoms. The summed E-state index contributed by atoms with van der Waals surface area (Å²) >= 11 is 6.30.